The second-order valence-corrected chi connectivity index (χ2v) is 4.83. The van der Waals surface area contributed by atoms with Crippen molar-refractivity contribution in [3.05, 3.63) is 72.2 Å². The molecule has 0 radical (unpaired) electrons. The Balaban J connectivity index is 1.98. The number of rotatable bonds is 3. The van der Waals surface area contributed by atoms with Crippen molar-refractivity contribution < 1.29 is 4.39 Å². The zero-order valence-electron chi connectivity index (χ0n) is 11.6. The monoisotopic (exact) mass is 282 g/mol. The molecule has 1 unspecified atom stereocenters. The maximum Gasteiger partial charge on any atom is 0.130 e. The molecular formula is C16H15FN4. The molecule has 0 aliphatic carbocycles. The molecule has 0 spiro atoms. The van der Waals surface area contributed by atoms with Gasteiger partial charge in [-0.15, -0.1) is 0 Å². The van der Waals surface area contributed by atoms with E-state index >= 15 is 0 Å². The molecule has 0 amide bonds. The molecule has 2 aromatic heterocycles. The lowest BCUT2D eigenvalue weighted by Gasteiger charge is -2.13. The molecular weight excluding hydrogens is 267 g/mol. The standard InChI is InChI=1S/C16H15FN4/c1-21-14(11-4-6-13(17)7-5-11)10-20-16(21)15(18)12-3-2-8-19-9-12/h2-10,15H,18H2,1H3. The van der Waals surface area contributed by atoms with Crippen molar-refractivity contribution in [2.75, 3.05) is 0 Å². The van der Waals surface area contributed by atoms with Crippen LogP contribution in [-0.4, -0.2) is 14.5 Å². The van der Waals surface area contributed by atoms with Crippen LogP contribution in [0.1, 0.15) is 17.4 Å². The normalized spacial score (nSPS) is 12.3. The smallest absolute Gasteiger partial charge is 0.130 e. The fraction of sp³-hybridized carbons (Fsp3) is 0.125. The van der Waals surface area contributed by atoms with E-state index in [1.165, 1.54) is 12.1 Å². The fourth-order valence-electron chi connectivity index (χ4n) is 2.31. The molecule has 2 heterocycles. The summed E-state index contributed by atoms with van der Waals surface area (Å²) in [6.45, 7) is 0. The van der Waals surface area contributed by atoms with Crippen LogP contribution in [0.4, 0.5) is 4.39 Å². The van der Waals surface area contributed by atoms with Crippen LogP contribution in [0, 0.1) is 5.82 Å². The van der Waals surface area contributed by atoms with Crippen molar-refractivity contribution in [3.8, 4) is 11.3 Å². The van der Waals surface area contributed by atoms with Crippen LogP contribution in [-0.2, 0) is 7.05 Å². The highest BCUT2D eigenvalue weighted by Gasteiger charge is 2.16. The van der Waals surface area contributed by atoms with Gasteiger partial charge < -0.3 is 10.3 Å². The average molecular weight is 282 g/mol. The van der Waals surface area contributed by atoms with Gasteiger partial charge in [0, 0.05) is 19.4 Å². The lowest BCUT2D eigenvalue weighted by atomic mass is 10.1. The number of imidazole rings is 1. The van der Waals surface area contributed by atoms with Crippen LogP contribution < -0.4 is 5.73 Å². The maximum absolute atomic E-state index is 13.0. The molecule has 0 bridgehead atoms. The van der Waals surface area contributed by atoms with Crippen LogP contribution in [0.5, 0.6) is 0 Å². The van der Waals surface area contributed by atoms with Crippen LogP contribution in [0.2, 0.25) is 0 Å². The number of benzene rings is 1. The van der Waals surface area contributed by atoms with E-state index in [1.54, 1.807) is 30.7 Å². The first-order chi connectivity index (χ1) is 10.2. The Labute approximate surface area is 122 Å². The Kier molecular flexibility index (Phi) is 3.50. The Morgan fingerprint density at radius 2 is 1.90 bits per heavy atom. The Morgan fingerprint density at radius 3 is 2.57 bits per heavy atom. The minimum atomic E-state index is -0.349. The summed E-state index contributed by atoms with van der Waals surface area (Å²) in [5.41, 5.74) is 8.94. The first-order valence-corrected chi connectivity index (χ1v) is 6.60. The summed E-state index contributed by atoms with van der Waals surface area (Å²) in [5.74, 6) is 0.482. The van der Waals surface area contributed by atoms with Crippen molar-refractivity contribution in [3.63, 3.8) is 0 Å². The SMILES string of the molecule is Cn1c(-c2ccc(F)cc2)cnc1C(N)c1cccnc1. The van der Waals surface area contributed by atoms with Gasteiger partial charge in [0.25, 0.3) is 0 Å². The summed E-state index contributed by atoms with van der Waals surface area (Å²) in [7, 11) is 1.90. The van der Waals surface area contributed by atoms with Crippen LogP contribution in [0.3, 0.4) is 0 Å². The molecule has 0 saturated heterocycles. The predicted octanol–water partition coefficient (Wildman–Crippen LogP) is 2.67. The zero-order chi connectivity index (χ0) is 14.8. The van der Waals surface area contributed by atoms with Crippen molar-refractivity contribution in [1.82, 2.24) is 14.5 Å². The summed E-state index contributed by atoms with van der Waals surface area (Å²) in [6, 6.07) is 9.74. The quantitative estimate of drug-likeness (QED) is 0.803. The van der Waals surface area contributed by atoms with E-state index in [0.717, 1.165) is 22.6 Å². The van der Waals surface area contributed by atoms with Crippen LogP contribution in [0.25, 0.3) is 11.3 Å². The van der Waals surface area contributed by atoms with E-state index < -0.39 is 0 Å². The number of nitrogens with two attached hydrogens (primary N) is 1. The van der Waals surface area contributed by atoms with E-state index in [4.69, 9.17) is 5.73 Å². The molecule has 0 aliphatic heterocycles. The minimum absolute atomic E-state index is 0.256. The Morgan fingerprint density at radius 1 is 1.14 bits per heavy atom. The molecule has 4 nitrogen and oxygen atoms in total. The van der Waals surface area contributed by atoms with Gasteiger partial charge in [0.15, 0.2) is 0 Å². The minimum Gasteiger partial charge on any atom is -0.330 e. The fourth-order valence-corrected chi connectivity index (χ4v) is 2.31. The number of hydrogen-bond donors (Lipinski definition) is 1. The Bertz CT molecular complexity index is 735. The first kappa shape index (κ1) is 13.5. The summed E-state index contributed by atoms with van der Waals surface area (Å²) in [6.07, 6.45) is 5.19. The number of aromatic nitrogens is 3. The highest BCUT2D eigenvalue weighted by molar-refractivity contribution is 5.59. The summed E-state index contributed by atoms with van der Waals surface area (Å²) in [5, 5.41) is 0. The zero-order valence-corrected chi connectivity index (χ0v) is 11.6. The topological polar surface area (TPSA) is 56.7 Å². The molecule has 0 fully saturated rings. The molecule has 0 saturated carbocycles. The summed E-state index contributed by atoms with van der Waals surface area (Å²) < 4.78 is 14.9. The second kappa shape index (κ2) is 5.46. The summed E-state index contributed by atoms with van der Waals surface area (Å²) in [4.78, 5) is 8.48. The third-order valence-electron chi connectivity index (χ3n) is 3.49. The van der Waals surface area contributed by atoms with Gasteiger partial charge in [0.05, 0.1) is 17.9 Å². The third kappa shape index (κ3) is 2.55. The van der Waals surface area contributed by atoms with Gasteiger partial charge in [0.2, 0.25) is 0 Å². The highest BCUT2D eigenvalue weighted by Crippen LogP contribution is 2.24. The van der Waals surface area contributed by atoms with Crippen LogP contribution >= 0.6 is 0 Å². The maximum atomic E-state index is 13.0. The van der Waals surface area contributed by atoms with Gasteiger partial charge in [0.1, 0.15) is 11.6 Å². The van der Waals surface area contributed by atoms with Gasteiger partial charge in [-0.25, -0.2) is 9.37 Å². The number of nitrogens with zero attached hydrogens (tertiary/aromatic N) is 3. The average Bonchev–Trinajstić information content (AvgIpc) is 2.90. The first-order valence-electron chi connectivity index (χ1n) is 6.60. The second-order valence-electron chi connectivity index (χ2n) is 4.83. The van der Waals surface area contributed by atoms with Gasteiger partial charge in [-0.1, -0.05) is 6.07 Å². The Hall–Kier alpha value is -2.53. The highest BCUT2D eigenvalue weighted by atomic mass is 19.1. The lowest BCUT2D eigenvalue weighted by molar-refractivity contribution is 0.628. The largest absolute Gasteiger partial charge is 0.330 e. The van der Waals surface area contributed by atoms with Gasteiger partial charge in [-0.05, 0) is 41.5 Å². The van der Waals surface area contributed by atoms with Crippen LogP contribution in [0.15, 0.2) is 55.0 Å². The van der Waals surface area contributed by atoms with Gasteiger partial charge >= 0.3 is 0 Å². The van der Waals surface area contributed by atoms with Crippen molar-refractivity contribution >= 4 is 0 Å². The molecule has 21 heavy (non-hydrogen) atoms. The van der Waals surface area contributed by atoms with Crippen molar-refractivity contribution in [1.29, 1.82) is 0 Å². The number of halogens is 1. The molecule has 1 atom stereocenters. The molecule has 106 valence electrons. The predicted molar refractivity (Wildman–Crippen MR) is 78.9 cm³/mol. The molecule has 1 aromatic carbocycles. The van der Waals surface area contributed by atoms with Gasteiger partial charge in [-0.3, -0.25) is 4.98 Å². The molecule has 5 heteroatoms. The molecule has 3 rings (SSSR count). The van der Waals surface area contributed by atoms with E-state index in [-0.39, 0.29) is 11.9 Å². The van der Waals surface area contributed by atoms with Crippen molar-refractivity contribution in [2.45, 2.75) is 6.04 Å². The van der Waals surface area contributed by atoms with Gasteiger partial charge in [-0.2, -0.15) is 0 Å². The molecule has 3 aromatic rings. The third-order valence-corrected chi connectivity index (χ3v) is 3.49. The van der Waals surface area contributed by atoms with E-state index in [1.807, 2.05) is 23.7 Å². The van der Waals surface area contributed by atoms with Crippen molar-refractivity contribution in [2.24, 2.45) is 12.8 Å². The lowest BCUT2D eigenvalue weighted by Crippen LogP contribution is -2.17. The van der Waals surface area contributed by atoms with E-state index in [2.05, 4.69) is 9.97 Å². The summed E-state index contributed by atoms with van der Waals surface area (Å²) >= 11 is 0. The number of pyridine rings is 1. The molecule has 2 N–H and O–H groups in total. The number of hydrogen-bond acceptors (Lipinski definition) is 3. The van der Waals surface area contributed by atoms with E-state index in [9.17, 15) is 4.39 Å². The molecule has 0 aliphatic rings. The van der Waals surface area contributed by atoms with E-state index in [0.29, 0.717) is 0 Å².